The molecule has 1 amide bonds. The molecule has 1 saturated carbocycles. The first-order valence-electron chi connectivity index (χ1n) is 8.55. The molecule has 1 fully saturated rings. The Hall–Kier alpha value is -2.88. The largest absolute Gasteiger partial charge is 0.455 e. The molecule has 1 aliphatic rings. The first kappa shape index (κ1) is 15.6. The van der Waals surface area contributed by atoms with Gasteiger partial charge in [-0.2, -0.15) is 0 Å². The van der Waals surface area contributed by atoms with Gasteiger partial charge in [-0.1, -0.05) is 36.4 Å². The van der Waals surface area contributed by atoms with E-state index in [4.69, 9.17) is 4.42 Å². The van der Waals surface area contributed by atoms with E-state index in [2.05, 4.69) is 5.32 Å². The molecule has 4 rings (SSSR count). The highest BCUT2D eigenvalue weighted by atomic mass is 16.3. The molecular formula is C21H19NO3. The van der Waals surface area contributed by atoms with E-state index in [1.807, 2.05) is 30.3 Å². The van der Waals surface area contributed by atoms with Gasteiger partial charge in [0.05, 0.1) is 10.9 Å². The Morgan fingerprint density at radius 3 is 2.60 bits per heavy atom. The number of amides is 1. The Labute approximate surface area is 145 Å². The SMILES string of the molecule is Cc1c(-c2ccccc2)oc2c(C(=O)NCC3CC3)cccc2c1=O. The van der Waals surface area contributed by atoms with Gasteiger partial charge < -0.3 is 9.73 Å². The second-order valence-electron chi connectivity index (χ2n) is 6.59. The second-order valence-corrected chi connectivity index (χ2v) is 6.59. The number of fused-ring (bicyclic) bond motifs is 1. The smallest absolute Gasteiger partial charge is 0.255 e. The van der Waals surface area contributed by atoms with E-state index in [0.717, 1.165) is 5.56 Å². The van der Waals surface area contributed by atoms with Gasteiger partial charge in [0.1, 0.15) is 5.76 Å². The summed E-state index contributed by atoms with van der Waals surface area (Å²) in [4.78, 5) is 25.3. The number of carbonyl (C=O) groups excluding carboxylic acids is 1. The van der Waals surface area contributed by atoms with Gasteiger partial charge in [-0.25, -0.2) is 0 Å². The standard InChI is InChI=1S/C21H19NO3/c1-13-18(23)16-8-5-9-17(21(24)22-12-14-10-11-14)20(16)25-19(13)15-6-3-2-4-7-15/h2-9,14H,10-12H2,1H3,(H,22,24). The maximum atomic E-state index is 12.8. The van der Waals surface area contributed by atoms with Crippen LogP contribution >= 0.6 is 0 Å². The maximum absolute atomic E-state index is 12.8. The predicted octanol–water partition coefficient (Wildman–Crippen LogP) is 3.91. The summed E-state index contributed by atoms with van der Waals surface area (Å²) in [5.74, 6) is 0.914. The number of nitrogens with one attached hydrogen (secondary N) is 1. The van der Waals surface area contributed by atoms with Crippen molar-refractivity contribution in [1.29, 1.82) is 0 Å². The molecule has 25 heavy (non-hydrogen) atoms. The summed E-state index contributed by atoms with van der Waals surface area (Å²) in [5, 5.41) is 3.39. The highest BCUT2D eigenvalue weighted by Crippen LogP contribution is 2.29. The van der Waals surface area contributed by atoms with Crippen LogP contribution in [0.2, 0.25) is 0 Å². The van der Waals surface area contributed by atoms with E-state index in [9.17, 15) is 9.59 Å². The summed E-state index contributed by atoms with van der Waals surface area (Å²) < 4.78 is 6.07. The third-order valence-electron chi connectivity index (χ3n) is 4.67. The van der Waals surface area contributed by atoms with E-state index in [-0.39, 0.29) is 11.3 Å². The van der Waals surface area contributed by atoms with Gasteiger partial charge in [0.2, 0.25) is 0 Å². The van der Waals surface area contributed by atoms with Crippen LogP contribution in [0.25, 0.3) is 22.3 Å². The molecular weight excluding hydrogens is 314 g/mol. The molecule has 1 heterocycles. The lowest BCUT2D eigenvalue weighted by atomic mass is 10.0. The van der Waals surface area contributed by atoms with Gasteiger partial charge in [0, 0.05) is 17.7 Å². The van der Waals surface area contributed by atoms with Crippen molar-refractivity contribution >= 4 is 16.9 Å². The molecule has 0 radical (unpaired) electrons. The van der Waals surface area contributed by atoms with E-state index >= 15 is 0 Å². The summed E-state index contributed by atoms with van der Waals surface area (Å²) in [6.07, 6.45) is 2.34. The molecule has 0 atom stereocenters. The number of hydrogen-bond donors (Lipinski definition) is 1. The van der Waals surface area contributed by atoms with Crippen LogP contribution in [0, 0.1) is 12.8 Å². The van der Waals surface area contributed by atoms with Gasteiger partial charge in [-0.15, -0.1) is 0 Å². The number of hydrogen-bond acceptors (Lipinski definition) is 3. The molecule has 1 aromatic heterocycles. The lowest BCUT2D eigenvalue weighted by molar-refractivity contribution is 0.0952. The zero-order valence-corrected chi connectivity index (χ0v) is 14.0. The molecule has 1 N–H and O–H groups in total. The van der Waals surface area contributed by atoms with Crippen molar-refractivity contribution in [3.63, 3.8) is 0 Å². The molecule has 1 aliphatic carbocycles. The summed E-state index contributed by atoms with van der Waals surface area (Å²) in [6, 6.07) is 14.6. The summed E-state index contributed by atoms with van der Waals surface area (Å²) in [6.45, 7) is 2.43. The minimum Gasteiger partial charge on any atom is -0.455 e. The van der Waals surface area contributed by atoms with Crippen LogP contribution in [0.3, 0.4) is 0 Å². The zero-order chi connectivity index (χ0) is 17.4. The Bertz CT molecular complexity index is 1000. The van der Waals surface area contributed by atoms with Crippen LogP contribution in [0.4, 0.5) is 0 Å². The molecule has 3 aromatic rings. The third kappa shape index (κ3) is 2.95. The fourth-order valence-electron chi connectivity index (χ4n) is 3.01. The van der Waals surface area contributed by atoms with Crippen molar-refractivity contribution in [2.24, 2.45) is 5.92 Å². The van der Waals surface area contributed by atoms with Crippen LogP contribution in [0.15, 0.2) is 57.7 Å². The lowest BCUT2D eigenvalue weighted by Crippen LogP contribution is -2.26. The normalized spacial score (nSPS) is 13.8. The number of carbonyl (C=O) groups is 1. The Balaban J connectivity index is 1.86. The number of rotatable bonds is 4. The fourth-order valence-corrected chi connectivity index (χ4v) is 3.01. The maximum Gasteiger partial charge on any atom is 0.255 e. The van der Waals surface area contributed by atoms with E-state index < -0.39 is 0 Å². The Morgan fingerprint density at radius 1 is 1.12 bits per heavy atom. The van der Waals surface area contributed by atoms with Crippen LogP contribution in [-0.2, 0) is 0 Å². The molecule has 0 unspecified atom stereocenters. The molecule has 0 saturated heterocycles. The van der Waals surface area contributed by atoms with Crippen molar-refractivity contribution in [2.45, 2.75) is 19.8 Å². The second kappa shape index (κ2) is 6.20. The molecule has 0 aliphatic heterocycles. The van der Waals surface area contributed by atoms with Gasteiger partial charge >= 0.3 is 0 Å². The third-order valence-corrected chi connectivity index (χ3v) is 4.67. The van der Waals surface area contributed by atoms with Gasteiger partial charge in [-0.3, -0.25) is 9.59 Å². The molecule has 0 bridgehead atoms. The minimum absolute atomic E-state index is 0.100. The van der Waals surface area contributed by atoms with Crippen LogP contribution in [-0.4, -0.2) is 12.5 Å². The highest BCUT2D eigenvalue weighted by molar-refractivity contribution is 6.05. The summed E-state index contributed by atoms with van der Waals surface area (Å²) in [5.41, 5.74) is 2.04. The fraction of sp³-hybridized carbons (Fsp3) is 0.238. The van der Waals surface area contributed by atoms with E-state index in [0.29, 0.717) is 40.3 Å². The van der Waals surface area contributed by atoms with E-state index in [1.165, 1.54) is 12.8 Å². The lowest BCUT2D eigenvalue weighted by Gasteiger charge is -2.10. The first-order chi connectivity index (χ1) is 12.1. The van der Waals surface area contributed by atoms with Crippen molar-refractivity contribution in [1.82, 2.24) is 5.32 Å². The zero-order valence-electron chi connectivity index (χ0n) is 14.0. The minimum atomic E-state index is -0.191. The van der Waals surface area contributed by atoms with E-state index in [1.54, 1.807) is 25.1 Å². The average Bonchev–Trinajstić information content (AvgIpc) is 3.47. The molecule has 4 nitrogen and oxygen atoms in total. The van der Waals surface area contributed by atoms with Crippen LogP contribution in [0.1, 0.15) is 28.8 Å². The Kier molecular flexibility index (Phi) is 3.88. The topological polar surface area (TPSA) is 59.3 Å². The monoisotopic (exact) mass is 333 g/mol. The highest BCUT2D eigenvalue weighted by Gasteiger charge is 2.23. The van der Waals surface area contributed by atoms with Crippen LogP contribution < -0.4 is 10.7 Å². The van der Waals surface area contributed by atoms with Gasteiger partial charge in [-0.05, 0) is 37.8 Å². The van der Waals surface area contributed by atoms with Gasteiger partial charge in [0.25, 0.3) is 5.91 Å². The van der Waals surface area contributed by atoms with Crippen molar-refractivity contribution in [2.75, 3.05) is 6.54 Å². The molecule has 126 valence electrons. The van der Waals surface area contributed by atoms with Crippen molar-refractivity contribution < 1.29 is 9.21 Å². The molecule has 0 spiro atoms. The molecule has 4 heteroatoms. The van der Waals surface area contributed by atoms with Crippen molar-refractivity contribution in [3.8, 4) is 11.3 Å². The predicted molar refractivity (Wildman–Crippen MR) is 97.7 cm³/mol. The first-order valence-corrected chi connectivity index (χ1v) is 8.55. The van der Waals surface area contributed by atoms with Crippen molar-refractivity contribution in [3.05, 3.63) is 69.9 Å². The van der Waals surface area contributed by atoms with Crippen LogP contribution in [0.5, 0.6) is 0 Å². The Morgan fingerprint density at radius 2 is 1.88 bits per heavy atom. The summed E-state index contributed by atoms with van der Waals surface area (Å²) >= 11 is 0. The quantitative estimate of drug-likeness (QED) is 0.787. The summed E-state index contributed by atoms with van der Waals surface area (Å²) in [7, 11) is 0. The average molecular weight is 333 g/mol. The number of benzene rings is 2. The number of para-hydroxylation sites is 1. The molecule has 2 aromatic carbocycles. The van der Waals surface area contributed by atoms with Gasteiger partial charge in [0.15, 0.2) is 11.0 Å².